The lowest BCUT2D eigenvalue weighted by atomic mass is 10.2. The monoisotopic (exact) mass is 388 g/mol. The number of aromatic nitrogens is 2. The Labute approximate surface area is 160 Å². The van der Waals surface area contributed by atoms with E-state index in [9.17, 15) is 9.18 Å². The van der Waals surface area contributed by atoms with Crippen LogP contribution in [0.2, 0.25) is 5.02 Å². The molecule has 3 rings (SSSR count). The first-order valence-corrected chi connectivity index (χ1v) is 8.67. The fraction of sp³-hybridized carbons (Fsp3) is 0.211. The number of hydrogen-bond donors (Lipinski definition) is 1. The van der Waals surface area contributed by atoms with Crippen LogP contribution in [0.4, 0.5) is 14.9 Å². The highest BCUT2D eigenvalue weighted by molar-refractivity contribution is 6.30. The van der Waals surface area contributed by atoms with Crippen LogP contribution in [-0.2, 0) is 6.42 Å². The van der Waals surface area contributed by atoms with E-state index < -0.39 is 0 Å². The molecule has 1 heterocycles. The summed E-state index contributed by atoms with van der Waals surface area (Å²) in [5.41, 5.74) is 1.69. The van der Waals surface area contributed by atoms with Crippen LogP contribution < -0.4 is 5.32 Å². The molecule has 0 spiro atoms. The second-order valence-corrected chi connectivity index (χ2v) is 6.52. The van der Waals surface area contributed by atoms with Crippen molar-refractivity contribution >= 4 is 23.3 Å². The number of anilines is 1. The largest absolute Gasteiger partial charge is 0.334 e. The quantitative estimate of drug-likeness (QED) is 0.696. The summed E-state index contributed by atoms with van der Waals surface area (Å²) in [4.78, 5) is 18.0. The van der Waals surface area contributed by atoms with Gasteiger partial charge in [-0.1, -0.05) is 22.8 Å². The molecule has 0 radical (unpaired) electrons. The van der Waals surface area contributed by atoms with Crippen molar-refractivity contribution in [2.45, 2.75) is 13.3 Å². The van der Waals surface area contributed by atoms with Crippen molar-refractivity contribution in [3.8, 4) is 11.5 Å². The molecule has 1 N–H and O–H groups in total. The normalized spacial score (nSPS) is 10.7. The predicted molar refractivity (Wildman–Crippen MR) is 101 cm³/mol. The maximum atomic E-state index is 13.6. The lowest BCUT2D eigenvalue weighted by Gasteiger charge is -2.17. The Balaban J connectivity index is 1.55. The Hall–Kier alpha value is -2.93. The maximum Gasteiger partial charge on any atom is 0.321 e. The predicted octanol–water partition coefficient (Wildman–Crippen LogP) is 4.54. The first-order valence-electron chi connectivity index (χ1n) is 8.29. The lowest BCUT2D eigenvalue weighted by Crippen LogP contribution is -2.33. The van der Waals surface area contributed by atoms with Crippen LogP contribution in [0.15, 0.2) is 47.0 Å². The fourth-order valence-corrected chi connectivity index (χ4v) is 2.45. The number of nitrogens with one attached hydrogen (secondary N) is 1. The third kappa shape index (κ3) is 4.83. The zero-order chi connectivity index (χ0) is 19.4. The fourth-order valence-electron chi connectivity index (χ4n) is 2.32. The van der Waals surface area contributed by atoms with E-state index in [0.29, 0.717) is 41.0 Å². The minimum Gasteiger partial charge on any atom is -0.334 e. The van der Waals surface area contributed by atoms with Crippen molar-refractivity contribution in [3.05, 3.63) is 64.7 Å². The van der Waals surface area contributed by atoms with E-state index in [1.54, 1.807) is 50.4 Å². The molecule has 2 aromatic carbocycles. The molecule has 0 aliphatic carbocycles. The first kappa shape index (κ1) is 18.8. The highest BCUT2D eigenvalue weighted by Gasteiger charge is 2.13. The van der Waals surface area contributed by atoms with Crippen molar-refractivity contribution in [1.82, 2.24) is 15.0 Å². The van der Waals surface area contributed by atoms with Crippen LogP contribution in [0, 0.1) is 12.7 Å². The topological polar surface area (TPSA) is 71.3 Å². The number of hydrogen-bond acceptors (Lipinski definition) is 4. The van der Waals surface area contributed by atoms with E-state index in [1.165, 1.54) is 11.0 Å². The number of rotatable bonds is 5. The Bertz CT molecular complexity index is 943. The Morgan fingerprint density at radius 3 is 2.70 bits per heavy atom. The average Bonchev–Trinajstić information content (AvgIpc) is 3.12. The van der Waals surface area contributed by atoms with Gasteiger partial charge in [0.25, 0.3) is 5.89 Å². The Kier molecular flexibility index (Phi) is 5.71. The van der Waals surface area contributed by atoms with Crippen molar-refractivity contribution in [1.29, 1.82) is 0 Å². The molecule has 2 amide bonds. The maximum absolute atomic E-state index is 13.6. The Morgan fingerprint density at radius 2 is 2.00 bits per heavy atom. The van der Waals surface area contributed by atoms with Crippen LogP contribution >= 0.6 is 11.6 Å². The molecule has 1 aromatic heterocycles. The van der Waals surface area contributed by atoms with Gasteiger partial charge < -0.3 is 14.7 Å². The van der Waals surface area contributed by atoms with E-state index in [1.807, 2.05) is 0 Å². The van der Waals surface area contributed by atoms with Gasteiger partial charge in [-0.25, -0.2) is 9.18 Å². The third-order valence-corrected chi connectivity index (χ3v) is 4.25. The number of likely N-dealkylation sites (N-methyl/N-ethyl adjacent to an activating group) is 1. The molecule has 0 aliphatic rings. The third-order valence-electron chi connectivity index (χ3n) is 4.00. The van der Waals surface area contributed by atoms with E-state index in [4.69, 9.17) is 16.1 Å². The van der Waals surface area contributed by atoms with Gasteiger partial charge in [0.15, 0.2) is 5.82 Å². The minimum absolute atomic E-state index is 0.348. The summed E-state index contributed by atoms with van der Waals surface area (Å²) >= 11 is 5.86. The molecule has 0 atom stereocenters. The standard InChI is InChI=1S/C19H18ClFN4O2/c1-12-3-8-15(11-16(12)21)22-19(26)25(2)10-9-17-23-18(27-24-17)13-4-6-14(20)7-5-13/h3-8,11H,9-10H2,1-2H3,(H,22,26). The van der Waals surface area contributed by atoms with E-state index in [2.05, 4.69) is 15.5 Å². The second-order valence-electron chi connectivity index (χ2n) is 6.09. The van der Waals surface area contributed by atoms with Gasteiger partial charge in [-0.05, 0) is 48.9 Å². The van der Waals surface area contributed by atoms with Gasteiger partial charge in [0.05, 0.1) is 0 Å². The summed E-state index contributed by atoms with van der Waals surface area (Å²) in [5.74, 6) is 0.516. The van der Waals surface area contributed by atoms with Crippen LogP contribution in [0.1, 0.15) is 11.4 Å². The van der Waals surface area contributed by atoms with Gasteiger partial charge in [0, 0.05) is 36.3 Å². The van der Waals surface area contributed by atoms with Crippen LogP contribution in [0.3, 0.4) is 0 Å². The molecular formula is C19H18ClFN4O2. The summed E-state index contributed by atoms with van der Waals surface area (Å²) in [6.45, 7) is 2.04. The summed E-state index contributed by atoms with van der Waals surface area (Å²) in [6, 6.07) is 11.3. The van der Waals surface area contributed by atoms with Gasteiger partial charge in [-0.3, -0.25) is 0 Å². The number of aryl methyl sites for hydroxylation is 1. The van der Waals surface area contributed by atoms with Gasteiger partial charge in [0.2, 0.25) is 0 Å². The molecule has 27 heavy (non-hydrogen) atoms. The summed E-state index contributed by atoms with van der Waals surface area (Å²) < 4.78 is 18.8. The van der Waals surface area contributed by atoms with Crippen molar-refractivity contribution in [3.63, 3.8) is 0 Å². The van der Waals surface area contributed by atoms with Crippen LogP contribution in [0.5, 0.6) is 0 Å². The summed E-state index contributed by atoms with van der Waals surface area (Å²) in [6.07, 6.45) is 0.420. The van der Waals surface area contributed by atoms with Crippen LogP contribution in [-0.4, -0.2) is 34.7 Å². The smallest absolute Gasteiger partial charge is 0.321 e. The van der Waals surface area contributed by atoms with Gasteiger partial charge in [0.1, 0.15) is 5.82 Å². The molecule has 0 fully saturated rings. The first-order chi connectivity index (χ1) is 12.9. The van der Waals surface area contributed by atoms with E-state index in [0.717, 1.165) is 5.56 Å². The summed E-state index contributed by atoms with van der Waals surface area (Å²) in [5, 5.41) is 7.20. The molecular weight excluding hydrogens is 371 g/mol. The zero-order valence-electron chi connectivity index (χ0n) is 14.9. The van der Waals surface area contributed by atoms with Crippen molar-refractivity contribution in [2.75, 3.05) is 18.9 Å². The number of carbonyl (C=O) groups is 1. The number of halogens is 2. The van der Waals surface area contributed by atoms with Gasteiger partial charge in [-0.15, -0.1) is 0 Å². The number of urea groups is 1. The zero-order valence-corrected chi connectivity index (χ0v) is 15.6. The molecule has 3 aromatic rings. The van der Waals surface area contributed by atoms with Gasteiger partial charge >= 0.3 is 6.03 Å². The molecule has 6 nitrogen and oxygen atoms in total. The second kappa shape index (κ2) is 8.18. The molecule has 0 aliphatic heterocycles. The van der Waals surface area contributed by atoms with E-state index >= 15 is 0 Å². The average molecular weight is 389 g/mol. The van der Waals surface area contributed by atoms with Gasteiger partial charge in [-0.2, -0.15) is 4.98 Å². The number of nitrogens with zero attached hydrogens (tertiary/aromatic N) is 3. The molecule has 0 saturated heterocycles. The number of carbonyl (C=O) groups excluding carboxylic acids is 1. The molecule has 8 heteroatoms. The highest BCUT2D eigenvalue weighted by atomic mass is 35.5. The highest BCUT2D eigenvalue weighted by Crippen LogP contribution is 2.20. The SMILES string of the molecule is Cc1ccc(NC(=O)N(C)CCc2noc(-c3ccc(Cl)cc3)n2)cc1F. The van der Waals surface area contributed by atoms with E-state index in [-0.39, 0.29) is 11.8 Å². The Morgan fingerprint density at radius 1 is 1.26 bits per heavy atom. The van der Waals surface area contributed by atoms with Crippen molar-refractivity contribution in [2.24, 2.45) is 0 Å². The molecule has 0 saturated carbocycles. The number of benzene rings is 2. The van der Waals surface area contributed by atoms with Crippen molar-refractivity contribution < 1.29 is 13.7 Å². The molecule has 0 bridgehead atoms. The molecule has 140 valence electrons. The number of amides is 2. The molecule has 0 unspecified atom stereocenters. The minimum atomic E-state index is -0.364. The van der Waals surface area contributed by atoms with Crippen LogP contribution in [0.25, 0.3) is 11.5 Å². The lowest BCUT2D eigenvalue weighted by molar-refractivity contribution is 0.222. The summed E-state index contributed by atoms with van der Waals surface area (Å²) in [7, 11) is 1.64.